The summed E-state index contributed by atoms with van der Waals surface area (Å²) in [7, 11) is 0. The zero-order chi connectivity index (χ0) is 12.2. The smallest absolute Gasteiger partial charge is 0.168 e. The molecule has 1 aromatic heterocycles. The quantitative estimate of drug-likeness (QED) is 0.749. The van der Waals surface area contributed by atoms with Crippen LogP contribution in [0.1, 0.15) is 54.8 Å². The van der Waals surface area contributed by atoms with Crippen molar-refractivity contribution >= 4 is 6.29 Å². The second-order valence-corrected chi connectivity index (χ2v) is 6.62. The predicted octanol–water partition coefficient (Wildman–Crippen LogP) is 2.76. The molecule has 94 valence electrons. The first-order valence-electron chi connectivity index (χ1n) is 7.06. The number of hydrogen-bond donors (Lipinski definition) is 0. The molecule has 18 heavy (non-hydrogen) atoms. The molecule has 4 bridgehead atoms. The molecule has 0 atom stereocenters. The van der Waals surface area contributed by atoms with Gasteiger partial charge in [-0.25, -0.2) is 9.97 Å². The molecule has 0 radical (unpaired) electrons. The highest BCUT2D eigenvalue weighted by Gasteiger charge is 2.53. The van der Waals surface area contributed by atoms with Crippen molar-refractivity contribution in [3.8, 4) is 0 Å². The highest BCUT2D eigenvalue weighted by Crippen LogP contribution is 2.59. The van der Waals surface area contributed by atoms with Crippen LogP contribution in [0.5, 0.6) is 0 Å². The van der Waals surface area contributed by atoms with E-state index >= 15 is 0 Å². The molecule has 3 nitrogen and oxygen atoms in total. The van der Waals surface area contributed by atoms with Crippen molar-refractivity contribution in [3.05, 3.63) is 23.8 Å². The van der Waals surface area contributed by atoms with Crippen molar-refractivity contribution in [1.82, 2.24) is 9.97 Å². The van der Waals surface area contributed by atoms with Crippen LogP contribution < -0.4 is 0 Å². The number of aromatic nitrogens is 2. The topological polar surface area (TPSA) is 42.9 Å². The van der Waals surface area contributed by atoms with Crippen molar-refractivity contribution in [2.75, 3.05) is 0 Å². The Morgan fingerprint density at radius 3 is 2.28 bits per heavy atom. The molecule has 0 spiro atoms. The first-order chi connectivity index (χ1) is 8.77. The fourth-order valence-corrected chi connectivity index (χ4v) is 5.08. The molecule has 3 heteroatoms. The van der Waals surface area contributed by atoms with Crippen LogP contribution in [-0.4, -0.2) is 16.3 Å². The highest BCUT2D eigenvalue weighted by atomic mass is 16.1. The number of aldehydes is 1. The van der Waals surface area contributed by atoms with E-state index in [1.54, 1.807) is 12.3 Å². The van der Waals surface area contributed by atoms with Crippen LogP contribution in [0.15, 0.2) is 12.3 Å². The van der Waals surface area contributed by atoms with Crippen LogP contribution in [0.4, 0.5) is 0 Å². The molecule has 0 unspecified atom stereocenters. The van der Waals surface area contributed by atoms with Gasteiger partial charge in [0.15, 0.2) is 6.29 Å². The lowest BCUT2D eigenvalue weighted by atomic mass is 9.49. The predicted molar refractivity (Wildman–Crippen MR) is 67.3 cm³/mol. The number of rotatable bonds is 2. The molecule has 1 heterocycles. The molecular weight excluding hydrogens is 224 g/mol. The number of hydrogen-bond acceptors (Lipinski definition) is 3. The van der Waals surface area contributed by atoms with E-state index in [2.05, 4.69) is 9.97 Å². The van der Waals surface area contributed by atoms with Crippen LogP contribution in [0, 0.1) is 17.8 Å². The van der Waals surface area contributed by atoms with Gasteiger partial charge in [0.1, 0.15) is 11.5 Å². The van der Waals surface area contributed by atoms with Gasteiger partial charge in [-0.15, -0.1) is 0 Å². The zero-order valence-electron chi connectivity index (χ0n) is 10.5. The largest absolute Gasteiger partial charge is 0.296 e. The minimum absolute atomic E-state index is 0.202. The van der Waals surface area contributed by atoms with Crippen molar-refractivity contribution in [2.24, 2.45) is 17.8 Å². The van der Waals surface area contributed by atoms with Crippen LogP contribution in [-0.2, 0) is 5.41 Å². The Hall–Kier alpha value is -1.25. The van der Waals surface area contributed by atoms with Gasteiger partial charge in [-0.3, -0.25) is 4.79 Å². The highest BCUT2D eigenvalue weighted by molar-refractivity contribution is 5.71. The molecule has 4 aliphatic carbocycles. The SMILES string of the molecule is O=Cc1ccnc(C23CC4CC(CC(C4)C2)C3)n1. The maximum absolute atomic E-state index is 10.9. The van der Waals surface area contributed by atoms with E-state index in [-0.39, 0.29) is 5.41 Å². The molecule has 1 aromatic rings. The third-order valence-electron chi connectivity index (χ3n) is 5.31. The summed E-state index contributed by atoms with van der Waals surface area (Å²) < 4.78 is 0. The van der Waals surface area contributed by atoms with Gasteiger partial charge in [0.2, 0.25) is 0 Å². The van der Waals surface area contributed by atoms with Gasteiger partial charge in [0, 0.05) is 11.6 Å². The van der Waals surface area contributed by atoms with Crippen molar-refractivity contribution in [2.45, 2.75) is 43.9 Å². The van der Waals surface area contributed by atoms with Crippen molar-refractivity contribution in [3.63, 3.8) is 0 Å². The lowest BCUT2D eigenvalue weighted by Crippen LogP contribution is -2.49. The van der Waals surface area contributed by atoms with E-state index < -0.39 is 0 Å². The van der Waals surface area contributed by atoms with Gasteiger partial charge in [-0.1, -0.05) is 0 Å². The number of carbonyl (C=O) groups is 1. The monoisotopic (exact) mass is 242 g/mol. The number of nitrogens with zero attached hydrogens (tertiary/aromatic N) is 2. The van der Waals surface area contributed by atoms with Gasteiger partial charge < -0.3 is 0 Å². The Morgan fingerprint density at radius 2 is 1.72 bits per heavy atom. The van der Waals surface area contributed by atoms with E-state index in [0.29, 0.717) is 5.69 Å². The summed E-state index contributed by atoms with van der Waals surface area (Å²) in [5.41, 5.74) is 0.740. The molecule has 4 saturated carbocycles. The third-order valence-corrected chi connectivity index (χ3v) is 5.31. The second kappa shape index (κ2) is 3.62. The molecule has 0 saturated heterocycles. The first-order valence-corrected chi connectivity index (χ1v) is 7.06. The van der Waals surface area contributed by atoms with Crippen LogP contribution in [0.2, 0.25) is 0 Å². The maximum atomic E-state index is 10.9. The summed E-state index contributed by atoms with van der Waals surface area (Å²) in [6, 6.07) is 1.71. The van der Waals surface area contributed by atoms with E-state index in [1.165, 1.54) is 38.5 Å². The first kappa shape index (κ1) is 10.7. The van der Waals surface area contributed by atoms with Crippen LogP contribution in [0.3, 0.4) is 0 Å². The van der Waals surface area contributed by atoms with E-state index in [4.69, 9.17) is 0 Å². The maximum Gasteiger partial charge on any atom is 0.168 e. The fourth-order valence-electron chi connectivity index (χ4n) is 5.08. The minimum Gasteiger partial charge on any atom is -0.296 e. The number of carbonyl (C=O) groups excluding carboxylic acids is 1. The van der Waals surface area contributed by atoms with Gasteiger partial charge in [0.05, 0.1) is 0 Å². The lowest BCUT2D eigenvalue weighted by Gasteiger charge is -2.55. The summed E-state index contributed by atoms with van der Waals surface area (Å²) in [6.45, 7) is 0. The molecular formula is C15H18N2O. The second-order valence-electron chi connectivity index (χ2n) is 6.62. The van der Waals surface area contributed by atoms with Gasteiger partial charge in [-0.05, 0) is 62.3 Å². The van der Waals surface area contributed by atoms with E-state index in [9.17, 15) is 4.79 Å². The Bertz CT molecular complexity index is 462. The van der Waals surface area contributed by atoms with Gasteiger partial charge >= 0.3 is 0 Å². The average molecular weight is 242 g/mol. The molecule has 4 fully saturated rings. The Kier molecular flexibility index (Phi) is 2.14. The standard InChI is InChI=1S/C15H18N2O/c18-9-13-1-2-16-14(17-13)15-6-10-3-11(7-15)5-12(4-10)8-15/h1-2,9-12H,3-8H2. The molecule has 5 rings (SSSR count). The Labute approximate surface area is 107 Å². The average Bonchev–Trinajstić information content (AvgIpc) is 2.37. The van der Waals surface area contributed by atoms with E-state index in [0.717, 1.165) is 29.9 Å². The summed E-state index contributed by atoms with van der Waals surface area (Å²) >= 11 is 0. The Morgan fingerprint density at radius 1 is 1.11 bits per heavy atom. The summed E-state index contributed by atoms with van der Waals surface area (Å²) in [5, 5.41) is 0. The van der Waals surface area contributed by atoms with Crippen LogP contribution >= 0.6 is 0 Å². The summed E-state index contributed by atoms with van der Waals surface area (Å²) in [5.74, 6) is 3.62. The van der Waals surface area contributed by atoms with E-state index in [1.807, 2.05) is 0 Å². The molecule has 0 aromatic carbocycles. The van der Waals surface area contributed by atoms with Crippen molar-refractivity contribution in [1.29, 1.82) is 0 Å². The molecule has 0 N–H and O–H groups in total. The zero-order valence-corrected chi connectivity index (χ0v) is 10.5. The van der Waals surface area contributed by atoms with Crippen LogP contribution in [0.25, 0.3) is 0 Å². The van der Waals surface area contributed by atoms with Gasteiger partial charge in [-0.2, -0.15) is 0 Å². The minimum atomic E-state index is 0.202. The summed E-state index contributed by atoms with van der Waals surface area (Å²) in [6.07, 6.45) is 10.6. The van der Waals surface area contributed by atoms with Gasteiger partial charge in [0.25, 0.3) is 0 Å². The van der Waals surface area contributed by atoms with Crippen molar-refractivity contribution < 1.29 is 4.79 Å². The molecule has 0 aliphatic heterocycles. The lowest BCUT2D eigenvalue weighted by molar-refractivity contribution is -0.00944. The third kappa shape index (κ3) is 1.46. The Balaban J connectivity index is 1.76. The fraction of sp³-hybridized carbons (Fsp3) is 0.667. The molecule has 0 amide bonds. The normalized spacial score (nSPS) is 41.0. The molecule has 4 aliphatic rings. The summed E-state index contributed by atoms with van der Waals surface area (Å²) in [4.78, 5) is 19.9.